The van der Waals surface area contributed by atoms with Crippen molar-refractivity contribution in [2.45, 2.75) is 41.5 Å². The maximum Gasteiger partial charge on any atom is 0.242 e. The highest BCUT2D eigenvalue weighted by molar-refractivity contribution is 6.96. The summed E-state index contributed by atoms with van der Waals surface area (Å²) in [5.41, 5.74) is 16.4. The molecule has 1 heterocycles. The van der Waals surface area contributed by atoms with Gasteiger partial charge in [-0.05, 0) is 64.4 Å². The number of benzene rings is 7. The predicted molar refractivity (Wildman–Crippen MR) is 207 cm³/mol. The summed E-state index contributed by atoms with van der Waals surface area (Å²) in [5, 5.41) is 4.86. The molecule has 0 atom stereocenters. The molecule has 3 heteroatoms. The van der Waals surface area contributed by atoms with Crippen LogP contribution in [0.15, 0.2) is 127 Å². The first-order valence-electron chi connectivity index (χ1n) is 16.9. The van der Waals surface area contributed by atoms with E-state index in [0.717, 1.165) is 28.1 Å². The molecule has 7 aromatic carbocycles. The van der Waals surface area contributed by atoms with Gasteiger partial charge in [-0.1, -0.05) is 165 Å². The molecule has 0 amide bonds. The average molecular weight is 619 g/mol. The van der Waals surface area contributed by atoms with E-state index in [4.69, 9.17) is 4.98 Å². The van der Waals surface area contributed by atoms with Gasteiger partial charge in [-0.3, -0.25) is 4.57 Å². The van der Waals surface area contributed by atoms with Gasteiger partial charge in [0.05, 0.1) is 11.0 Å². The van der Waals surface area contributed by atoms with E-state index in [2.05, 4.69) is 174 Å². The Hall–Kier alpha value is -5.41. The zero-order valence-corrected chi connectivity index (χ0v) is 28.6. The van der Waals surface area contributed by atoms with Crippen LogP contribution in [0.4, 0.5) is 0 Å². The molecular weight excluding hydrogens is 579 g/mol. The molecule has 8 aromatic rings. The summed E-state index contributed by atoms with van der Waals surface area (Å²) in [5.74, 6) is 0.951. The minimum Gasteiger partial charge on any atom is -0.292 e. The standard InChI is InChI=1S/C45H39BN2/c1-28-24-30(3)41(31(4)25-28)46(42-32(5)26-29(2)27-33(42)6)35-20-22-36(23-21-35)48-44-40-19-13-11-17-38(40)37-16-10-12-18-39(37)43(44)47-45(48)34-14-8-7-9-15-34/h7-27H,1-6H3. The van der Waals surface area contributed by atoms with Gasteiger partial charge >= 0.3 is 0 Å². The Morgan fingerprint density at radius 1 is 0.479 bits per heavy atom. The lowest BCUT2D eigenvalue weighted by molar-refractivity contribution is 1.11. The van der Waals surface area contributed by atoms with Crippen molar-refractivity contribution in [3.63, 3.8) is 0 Å². The number of fused-ring (bicyclic) bond motifs is 6. The van der Waals surface area contributed by atoms with Gasteiger partial charge in [0.25, 0.3) is 0 Å². The van der Waals surface area contributed by atoms with Crippen molar-refractivity contribution in [1.29, 1.82) is 0 Å². The quantitative estimate of drug-likeness (QED) is 0.139. The van der Waals surface area contributed by atoms with Gasteiger partial charge in [-0.2, -0.15) is 0 Å². The molecule has 0 spiro atoms. The van der Waals surface area contributed by atoms with Crippen LogP contribution in [0.1, 0.15) is 33.4 Å². The fourth-order valence-electron chi connectivity index (χ4n) is 8.32. The highest BCUT2D eigenvalue weighted by Crippen LogP contribution is 2.38. The molecule has 0 unspecified atom stereocenters. The van der Waals surface area contributed by atoms with Crippen LogP contribution in [0.25, 0.3) is 49.7 Å². The second kappa shape index (κ2) is 11.7. The Morgan fingerprint density at radius 2 is 0.938 bits per heavy atom. The molecular formula is C45H39BN2. The molecule has 0 aliphatic heterocycles. The minimum absolute atomic E-state index is 0.123. The summed E-state index contributed by atoms with van der Waals surface area (Å²) in [6, 6.07) is 46.7. The first-order valence-corrected chi connectivity index (χ1v) is 16.9. The van der Waals surface area contributed by atoms with Gasteiger partial charge in [-0.15, -0.1) is 0 Å². The van der Waals surface area contributed by atoms with Crippen LogP contribution in [0.3, 0.4) is 0 Å². The maximum atomic E-state index is 5.42. The summed E-state index contributed by atoms with van der Waals surface area (Å²) in [4.78, 5) is 5.42. The van der Waals surface area contributed by atoms with Gasteiger partial charge in [0, 0.05) is 22.0 Å². The first kappa shape index (κ1) is 30.0. The van der Waals surface area contributed by atoms with Crippen molar-refractivity contribution in [1.82, 2.24) is 9.55 Å². The molecule has 0 aliphatic rings. The molecule has 0 saturated carbocycles. The van der Waals surface area contributed by atoms with E-state index in [1.165, 1.54) is 71.3 Å². The fourth-order valence-corrected chi connectivity index (χ4v) is 8.32. The topological polar surface area (TPSA) is 17.8 Å². The number of hydrogen-bond acceptors (Lipinski definition) is 1. The van der Waals surface area contributed by atoms with E-state index in [1.807, 2.05) is 0 Å². The van der Waals surface area contributed by atoms with Crippen molar-refractivity contribution in [2.75, 3.05) is 0 Å². The SMILES string of the molecule is Cc1cc(C)c(B(c2ccc(-n3c(-c4ccccc4)nc4c5ccccc5c5ccccc5c43)cc2)c2c(C)cc(C)cc2C)c(C)c1. The van der Waals surface area contributed by atoms with Crippen LogP contribution in [0, 0.1) is 41.5 Å². The third-order valence-corrected chi connectivity index (χ3v) is 10.1. The highest BCUT2D eigenvalue weighted by atomic mass is 15.1. The van der Waals surface area contributed by atoms with Crippen LogP contribution in [0.2, 0.25) is 0 Å². The Morgan fingerprint density at radius 3 is 1.48 bits per heavy atom. The summed E-state index contributed by atoms with van der Waals surface area (Å²) < 4.78 is 2.38. The largest absolute Gasteiger partial charge is 0.292 e. The highest BCUT2D eigenvalue weighted by Gasteiger charge is 2.29. The Balaban J connectivity index is 1.40. The number of imidazole rings is 1. The number of nitrogens with zero attached hydrogens (tertiary/aromatic N) is 2. The van der Waals surface area contributed by atoms with Crippen molar-refractivity contribution >= 4 is 55.7 Å². The fraction of sp³-hybridized carbons (Fsp3) is 0.133. The van der Waals surface area contributed by atoms with E-state index in [0.29, 0.717) is 0 Å². The zero-order chi connectivity index (χ0) is 33.1. The van der Waals surface area contributed by atoms with Crippen LogP contribution >= 0.6 is 0 Å². The minimum atomic E-state index is 0.123. The number of hydrogen-bond donors (Lipinski definition) is 0. The van der Waals surface area contributed by atoms with E-state index in [1.54, 1.807) is 0 Å². The molecule has 232 valence electrons. The van der Waals surface area contributed by atoms with Crippen molar-refractivity contribution in [2.24, 2.45) is 0 Å². The smallest absolute Gasteiger partial charge is 0.242 e. The van der Waals surface area contributed by atoms with Crippen LogP contribution in [-0.2, 0) is 0 Å². The van der Waals surface area contributed by atoms with Crippen LogP contribution in [-0.4, -0.2) is 16.3 Å². The third-order valence-electron chi connectivity index (χ3n) is 10.1. The Kier molecular flexibility index (Phi) is 7.29. The van der Waals surface area contributed by atoms with Gasteiger partial charge in [0.1, 0.15) is 5.82 Å². The van der Waals surface area contributed by atoms with Crippen molar-refractivity contribution < 1.29 is 0 Å². The van der Waals surface area contributed by atoms with Gasteiger partial charge in [0.15, 0.2) is 0 Å². The molecule has 0 aliphatic carbocycles. The Bertz CT molecular complexity index is 2400. The number of rotatable bonds is 5. The molecule has 0 N–H and O–H groups in total. The van der Waals surface area contributed by atoms with Gasteiger partial charge < -0.3 is 0 Å². The van der Waals surface area contributed by atoms with Gasteiger partial charge in [-0.25, -0.2) is 4.98 Å². The predicted octanol–water partition coefficient (Wildman–Crippen LogP) is 9.37. The molecule has 1 aromatic heterocycles. The second-order valence-electron chi connectivity index (χ2n) is 13.6. The summed E-state index contributed by atoms with van der Waals surface area (Å²) in [6.45, 7) is 13.6. The van der Waals surface area contributed by atoms with Crippen molar-refractivity contribution in [3.8, 4) is 17.1 Å². The molecule has 0 bridgehead atoms. The zero-order valence-electron chi connectivity index (χ0n) is 28.6. The lowest BCUT2D eigenvalue weighted by atomic mass is 9.34. The third kappa shape index (κ3) is 4.85. The molecule has 8 rings (SSSR count). The van der Waals surface area contributed by atoms with E-state index >= 15 is 0 Å². The normalized spacial score (nSPS) is 11.5. The van der Waals surface area contributed by atoms with E-state index in [-0.39, 0.29) is 6.71 Å². The number of aryl methyl sites for hydroxylation is 6. The monoisotopic (exact) mass is 618 g/mol. The maximum absolute atomic E-state index is 5.42. The molecule has 0 fully saturated rings. The van der Waals surface area contributed by atoms with E-state index in [9.17, 15) is 0 Å². The molecule has 48 heavy (non-hydrogen) atoms. The van der Waals surface area contributed by atoms with Crippen LogP contribution in [0.5, 0.6) is 0 Å². The molecule has 0 saturated heterocycles. The lowest BCUT2D eigenvalue weighted by Crippen LogP contribution is -2.55. The Labute approximate surface area is 283 Å². The molecule has 0 radical (unpaired) electrons. The summed E-state index contributed by atoms with van der Waals surface area (Å²) in [6.07, 6.45) is 0. The average Bonchev–Trinajstić information content (AvgIpc) is 3.49. The van der Waals surface area contributed by atoms with E-state index < -0.39 is 0 Å². The van der Waals surface area contributed by atoms with Gasteiger partial charge in [0.2, 0.25) is 6.71 Å². The van der Waals surface area contributed by atoms with Crippen molar-refractivity contribution in [3.05, 3.63) is 161 Å². The summed E-state index contributed by atoms with van der Waals surface area (Å²) in [7, 11) is 0. The lowest BCUT2D eigenvalue weighted by Gasteiger charge is -2.25. The number of aromatic nitrogens is 2. The first-order chi connectivity index (χ1) is 23.3. The molecule has 2 nitrogen and oxygen atoms in total. The summed E-state index contributed by atoms with van der Waals surface area (Å²) >= 11 is 0. The second-order valence-corrected chi connectivity index (χ2v) is 13.6. The van der Waals surface area contributed by atoms with Crippen LogP contribution < -0.4 is 16.4 Å².